The van der Waals surface area contributed by atoms with E-state index >= 15 is 0 Å². The van der Waals surface area contributed by atoms with Gasteiger partial charge in [-0.25, -0.2) is 4.79 Å². The summed E-state index contributed by atoms with van der Waals surface area (Å²) in [5, 5.41) is 9.09. The summed E-state index contributed by atoms with van der Waals surface area (Å²) in [5.41, 5.74) is 7.81. The first-order valence-corrected chi connectivity index (χ1v) is 6.21. The number of benzene rings is 1. The summed E-state index contributed by atoms with van der Waals surface area (Å²) in [6.07, 6.45) is 0.438. The fourth-order valence-electron chi connectivity index (χ4n) is 1.78. The second-order valence-electron chi connectivity index (χ2n) is 4.56. The Labute approximate surface area is 108 Å². The van der Waals surface area contributed by atoms with Crippen LogP contribution in [0.4, 0.5) is 0 Å². The van der Waals surface area contributed by atoms with Crippen molar-refractivity contribution < 1.29 is 14.6 Å². The Balaban J connectivity index is 2.98. The van der Waals surface area contributed by atoms with E-state index in [1.165, 1.54) is 0 Å². The molecule has 0 bridgehead atoms. The van der Waals surface area contributed by atoms with Gasteiger partial charge in [0.05, 0.1) is 0 Å². The molecule has 0 fully saturated rings. The van der Waals surface area contributed by atoms with Crippen molar-refractivity contribution in [1.82, 2.24) is 0 Å². The maximum Gasteiger partial charge on any atom is 0.344 e. The maximum absolute atomic E-state index is 11.1. The lowest BCUT2D eigenvalue weighted by atomic mass is 10.0. The quantitative estimate of drug-likeness (QED) is 0.815. The predicted molar refractivity (Wildman–Crippen MR) is 70.7 cm³/mol. The molecule has 18 heavy (non-hydrogen) atoms. The Morgan fingerprint density at radius 1 is 1.50 bits per heavy atom. The average molecular weight is 251 g/mol. The summed E-state index contributed by atoms with van der Waals surface area (Å²) < 4.78 is 5.58. The highest BCUT2D eigenvalue weighted by Crippen LogP contribution is 2.26. The fraction of sp³-hybridized carbons (Fsp3) is 0.500. The van der Waals surface area contributed by atoms with Crippen molar-refractivity contribution in [2.45, 2.75) is 45.8 Å². The number of nitrogens with two attached hydrogens (primary N) is 1. The summed E-state index contributed by atoms with van der Waals surface area (Å²) in [6.45, 7) is 5.76. The molecule has 1 rings (SSSR count). The zero-order valence-corrected chi connectivity index (χ0v) is 11.1. The molecule has 0 aliphatic carbocycles. The third-order valence-electron chi connectivity index (χ3n) is 2.75. The topological polar surface area (TPSA) is 72.5 Å². The second-order valence-corrected chi connectivity index (χ2v) is 4.56. The van der Waals surface area contributed by atoms with Gasteiger partial charge in [0, 0.05) is 11.6 Å². The molecule has 0 aliphatic rings. The Morgan fingerprint density at radius 2 is 2.17 bits per heavy atom. The van der Waals surface area contributed by atoms with Crippen LogP contribution < -0.4 is 10.5 Å². The number of carbonyl (C=O) groups is 1. The summed E-state index contributed by atoms with van der Waals surface area (Å²) >= 11 is 0. The largest absolute Gasteiger partial charge is 0.479 e. The SMILES string of the molecule is CCCC(Oc1ccc(C)cc1C(C)N)C(=O)O. The van der Waals surface area contributed by atoms with Crippen LogP contribution in [-0.4, -0.2) is 17.2 Å². The summed E-state index contributed by atoms with van der Waals surface area (Å²) in [4.78, 5) is 11.1. The minimum Gasteiger partial charge on any atom is -0.479 e. The fourth-order valence-corrected chi connectivity index (χ4v) is 1.78. The Kier molecular flexibility index (Phi) is 5.16. The van der Waals surface area contributed by atoms with Crippen LogP contribution in [0.1, 0.15) is 43.9 Å². The van der Waals surface area contributed by atoms with Crippen molar-refractivity contribution in [1.29, 1.82) is 0 Å². The predicted octanol–water partition coefficient (Wildman–Crippen LogP) is 2.65. The van der Waals surface area contributed by atoms with Crippen LogP contribution in [-0.2, 0) is 4.79 Å². The number of ether oxygens (including phenoxy) is 1. The van der Waals surface area contributed by atoms with Gasteiger partial charge in [0.15, 0.2) is 6.10 Å². The summed E-state index contributed by atoms with van der Waals surface area (Å²) in [5.74, 6) is -0.371. The third kappa shape index (κ3) is 3.74. The minimum atomic E-state index is -0.937. The molecule has 0 radical (unpaired) electrons. The number of rotatable bonds is 6. The van der Waals surface area contributed by atoms with E-state index in [1.807, 2.05) is 32.9 Å². The average Bonchev–Trinajstić information content (AvgIpc) is 2.30. The van der Waals surface area contributed by atoms with Gasteiger partial charge in [-0.15, -0.1) is 0 Å². The van der Waals surface area contributed by atoms with Crippen LogP contribution in [0.15, 0.2) is 18.2 Å². The molecular weight excluding hydrogens is 230 g/mol. The molecule has 0 aromatic heterocycles. The summed E-state index contributed by atoms with van der Waals surface area (Å²) in [7, 11) is 0. The molecule has 0 saturated carbocycles. The van der Waals surface area contributed by atoms with Crippen molar-refractivity contribution in [2.75, 3.05) is 0 Å². The van der Waals surface area contributed by atoms with Crippen molar-refractivity contribution in [3.8, 4) is 5.75 Å². The summed E-state index contributed by atoms with van der Waals surface area (Å²) in [6, 6.07) is 5.44. The van der Waals surface area contributed by atoms with E-state index in [-0.39, 0.29) is 6.04 Å². The smallest absolute Gasteiger partial charge is 0.344 e. The molecule has 0 saturated heterocycles. The molecule has 2 unspecified atom stereocenters. The first-order chi connectivity index (χ1) is 8.45. The van der Waals surface area contributed by atoms with Crippen molar-refractivity contribution >= 4 is 5.97 Å². The second kappa shape index (κ2) is 6.40. The monoisotopic (exact) mass is 251 g/mol. The molecule has 2 atom stereocenters. The first kappa shape index (κ1) is 14.5. The van der Waals surface area contributed by atoms with Crippen LogP contribution in [0.5, 0.6) is 5.75 Å². The van der Waals surface area contributed by atoms with E-state index in [4.69, 9.17) is 15.6 Å². The maximum atomic E-state index is 11.1. The molecule has 3 N–H and O–H groups in total. The third-order valence-corrected chi connectivity index (χ3v) is 2.75. The number of carboxylic acid groups (broad SMARTS) is 1. The molecule has 0 aliphatic heterocycles. The number of hydrogen-bond acceptors (Lipinski definition) is 3. The van der Waals surface area contributed by atoms with Gasteiger partial charge in [0.2, 0.25) is 0 Å². The number of aliphatic carboxylic acids is 1. The Morgan fingerprint density at radius 3 is 2.67 bits per heavy atom. The van der Waals surface area contributed by atoms with Gasteiger partial charge >= 0.3 is 5.97 Å². The molecule has 4 heteroatoms. The zero-order valence-electron chi connectivity index (χ0n) is 11.1. The van der Waals surface area contributed by atoms with E-state index in [9.17, 15) is 4.79 Å². The van der Waals surface area contributed by atoms with Crippen molar-refractivity contribution in [2.24, 2.45) is 5.73 Å². The molecule has 0 heterocycles. The molecular formula is C14H21NO3. The molecule has 1 aromatic carbocycles. The van der Waals surface area contributed by atoms with Gasteiger partial charge in [-0.05, 0) is 26.3 Å². The standard InChI is InChI=1S/C14H21NO3/c1-4-5-13(14(16)17)18-12-7-6-9(2)8-11(12)10(3)15/h6-8,10,13H,4-5,15H2,1-3H3,(H,16,17). The lowest BCUT2D eigenvalue weighted by Crippen LogP contribution is -2.27. The van der Waals surface area contributed by atoms with Gasteiger partial charge < -0.3 is 15.6 Å². The van der Waals surface area contributed by atoms with Gasteiger partial charge in [0.25, 0.3) is 0 Å². The first-order valence-electron chi connectivity index (χ1n) is 6.21. The normalized spacial score (nSPS) is 14.0. The van der Waals surface area contributed by atoms with Gasteiger partial charge in [0.1, 0.15) is 5.75 Å². The van der Waals surface area contributed by atoms with Crippen LogP contribution in [0.3, 0.4) is 0 Å². The molecule has 100 valence electrons. The van der Waals surface area contributed by atoms with E-state index in [2.05, 4.69) is 0 Å². The van der Waals surface area contributed by atoms with Gasteiger partial charge in [-0.3, -0.25) is 0 Å². The van der Waals surface area contributed by atoms with Crippen molar-refractivity contribution in [3.63, 3.8) is 0 Å². The van der Waals surface area contributed by atoms with E-state index in [0.717, 1.165) is 17.5 Å². The van der Waals surface area contributed by atoms with Crippen LogP contribution in [0.2, 0.25) is 0 Å². The van der Waals surface area contributed by atoms with E-state index < -0.39 is 12.1 Å². The van der Waals surface area contributed by atoms with Gasteiger partial charge in [-0.2, -0.15) is 0 Å². The lowest BCUT2D eigenvalue weighted by molar-refractivity contribution is -0.145. The highest BCUT2D eigenvalue weighted by Gasteiger charge is 2.20. The molecule has 0 spiro atoms. The Hall–Kier alpha value is -1.55. The molecule has 4 nitrogen and oxygen atoms in total. The lowest BCUT2D eigenvalue weighted by Gasteiger charge is -2.19. The highest BCUT2D eigenvalue weighted by atomic mass is 16.5. The van der Waals surface area contributed by atoms with E-state index in [1.54, 1.807) is 6.07 Å². The van der Waals surface area contributed by atoms with E-state index in [0.29, 0.717) is 12.2 Å². The zero-order chi connectivity index (χ0) is 13.7. The van der Waals surface area contributed by atoms with Crippen LogP contribution in [0, 0.1) is 6.92 Å². The van der Waals surface area contributed by atoms with Crippen molar-refractivity contribution in [3.05, 3.63) is 29.3 Å². The molecule has 0 amide bonds. The van der Waals surface area contributed by atoms with Crippen LogP contribution in [0.25, 0.3) is 0 Å². The van der Waals surface area contributed by atoms with Crippen LogP contribution >= 0.6 is 0 Å². The number of aryl methyl sites for hydroxylation is 1. The van der Waals surface area contributed by atoms with Gasteiger partial charge in [-0.1, -0.05) is 31.0 Å². The number of carboxylic acids is 1. The minimum absolute atomic E-state index is 0.184. The highest BCUT2D eigenvalue weighted by molar-refractivity contribution is 5.72. The number of hydrogen-bond donors (Lipinski definition) is 2. The molecule has 1 aromatic rings. The Bertz CT molecular complexity index is 416.